The zero-order valence-corrected chi connectivity index (χ0v) is 10.3. The molecule has 2 aliphatic heterocycles. The predicted octanol–water partition coefficient (Wildman–Crippen LogP) is 2.31. The molecule has 0 spiro atoms. The summed E-state index contributed by atoms with van der Waals surface area (Å²) in [6.07, 6.45) is 0.110. The molecule has 0 aliphatic carbocycles. The van der Waals surface area contributed by atoms with Crippen LogP contribution in [0.1, 0.15) is 27.6 Å². The molecule has 0 bridgehead atoms. The Labute approximate surface area is 111 Å². The second-order valence-electron chi connectivity index (χ2n) is 5.11. The minimum atomic E-state index is -0.610. The van der Waals surface area contributed by atoms with Crippen LogP contribution in [0.5, 0.6) is 0 Å². The molecule has 0 fully saturated rings. The number of para-hydroxylation sites is 1. The highest BCUT2D eigenvalue weighted by Crippen LogP contribution is 2.42. The van der Waals surface area contributed by atoms with Crippen molar-refractivity contribution in [3.63, 3.8) is 0 Å². The Morgan fingerprint density at radius 1 is 1.05 bits per heavy atom. The minimum Gasteiger partial charge on any atom is -0.386 e. The molecule has 0 saturated heterocycles. The van der Waals surface area contributed by atoms with Crippen LogP contribution in [-0.2, 0) is 6.42 Å². The number of carbonyl (C=O) groups is 1. The van der Waals surface area contributed by atoms with Gasteiger partial charge in [-0.3, -0.25) is 4.79 Å². The Kier molecular flexibility index (Phi) is 2.09. The van der Waals surface area contributed by atoms with E-state index in [1.54, 1.807) is 11.0 Å². The van der Waals surface area contributed by atoms with Crippen molar-refractivity contribution in [2.24, 2.45) is 0 Å². The van der Waals surface area contributed by atoms with Crippen LogP contribution in [0.3, 0.4) is 0 Å². The van der Waals surface area contributed by atoms with Crippen LogP contribution in [0.2, 0.25) is 0 Å². The summed E-state index contributed by atoms with van der Waals surface area (Å²) >= 11 is 0. The van der Waals surface area contributed by atoms with Gasteiger partial charge in [0.2, 0.25) is 0 Å². The van der Waals surface area contributed by atoms with Gasteiger partial charge in [0.15, 0.2) is 0 Å². The van der Waals surface area contributed by atoms with Crippen molar-refractivity contribution in [1.29, 1.82) is 0 Å². The number of carbonyl (C=O) groups excluding carboxylic acids is 1. The number of rotatable bonds is 0. The van der Waals surface area contributed by atoms with Crippen LogP contribution in [0.4, 0.5) is 5.69 Å². The Hall–Kier alpha value is -2.13. The van der Waals surface area contributed by atoms with E-state index < -0.39 is 6.10 Å². The summed E-state index contributed by atoms with van der Waals surface area (Å²) in [7, 11) is 0. The van der Waals surface area contributed by atoms with Gasteiger partial charge in [0.25, 0.3) is 5.91 Å². The smallest absolute Gasteiger partial charge is 0.259 e. The third-order valence-corrected chi connectivity index (χ3v) is 4.10. The first kappa shape index (κ1) is 10.8. The number of fused-ring (bicyclic) bond motifs is 4. The van der Waals surface area contributed by atoms with E-state index in [9.17, 15) is 9.90 Å². The molecule has 3 nitrogen and oxygen atoms in total. The first-order valence-corrected chi connectivity index (χ1v) is 6.46. The van der Waals surface area contributed by atoms with Crippen molar-refractivity contribution in [1.82, 2.24) is 0 Å². The lowest BCUT2D eigenvalue weighted by atomic mass is 9.90. The fourth-order valence-electron chi connectivity index (χ4n) is 3.21. The van der Waals surface area contributed by atoms with Gasteiger partial charge in [-0.05, 0) is 29.7 Å². The van der Waals surface area contributed by atoms with Crippen LogP contribution in [0, 0.1) is 0 Å². The molecule has 3 heteroatoms. The van der Waals surface area contributed by atoms with E-state index in [2.05, 4.69) is 0 Å². The maximum atomic E-state index is 12.6. The van der Waals surface area contributed by atoms with Crippen LogP contribution >= 0.6 is 0 Å². The van der Waals surface area contributed by atoms with Crippen molar-refractivity contribution in [3.05, 3.63) is 65.2 Å². The summed E-state index contributed by atoms with van der Waals surface area (Å²) < 4.78 is 0. The second-order valence-corrected chi connectivity index (χ2v) is 5.11. The molecule has 4 rings (SSSR count). The quantitative estimate of drug-likeness (QED) is 0.780. The third kappa shape index (κ3) is 1.33. The van der Waals surface area contributed by atoms with Crippen LogP contribution in [0.25, 0.3) is 0 Å². The maximum Gasteiger partial charge on any atom is 0.259 e. The summed E-state index contributed by atoms with van der Waals surface area (Å²) in [6.45, 7) is 0. The van der Waals surface area contributed by atoms with Crippen LogP contribution in [0.15, 0.2) is 48.5 Å². The number of benzene rings is 2. The zero-order valence-electron chi connectivity index (χ0n) is 10.3. The number of nitrogens with zero attached hydrogens (tertiary/aromatic N) is 1. The highest BCUT2D eigenvalue weighted by molar-refractivity contribution is 6.10. The van der Waals surface area contributed by atoms with Crippen molar-refractivity contribution >= 4 is 11.6 Å². The number of hydrogen-bond donors (Lipinski definition) is 1. The lowest BCUT2D eigenvalue weighted by Crippen LogP contribution is -2.46. The molecule has 0 saturated carbocycles. The van der Waals surface area contributed by atoms with Gasteiger partial charge in [-0.1, -0.05) is 36.4 Å². The summed E-state index contributed by atoms with van der Waals surface area (Å²) in [5.41, 5.74) is 3.43. The molecule has 0 radical (unpaired) electrons. The highest BCUT2D eigenvalue weighted by Gasteiger charge is 2.43. The predicted molar refractivity (Wildman–Crippen MR) is 72.1 cm³/mol. The normalized spacial score (nSPS) is 23.8. The van der Waals surface area contributed by atoms with Crippen molar-refractivity contribution < 1.29 is 9.90 Å². The van der Waals surface area contributed by atoms with Gasteiger partial charge >= 0.3 is 0 Å². The summed E-state index contributed by atoms with van der Waals surface area (Å²) in [4.78, 5) is 14.4. The van der Waals surface area contributed by atoms with Gasteiger partial charge in [-0.25, -0.2) is 0 Å². The standard InChI is InChI=1S/C16H13NO2/c18-15-11-6-2-3-7-12(11)16(19)17-13-8-4-1-5-10(13)9-14(15)17/h1-8,14-15,18H,9H2. The van der Waals surface area contributed by atoms with E-state index >= 15 is 0 Å². The van der Waals surface area contributed by atoms with Gasteiger partial charge < -0.3 is 10.0 Å². The lowest BCUT2D eigenvalue weighted by Gasteiger charge is -2.35. The summed E-state index contributed by atoms with van der Waals surface area (Å²) in [5.74, 6) is -0.00384. The van der Waals surface area contributed by atoms with E-state index in [0.29, 0.717) is 5.56 Å². The fraction of sp³-hybridized carbons (Fsp3) is 0.188. The molecule has 94 valence electrons. The van der Waals surface area contributed by atoms with Gasteiger partial charge in [-0.2, -0.15) is 0 Å². The van der Waals surface area contributed by atoms with Crippen molar-refractivity contribution in [2.75, 3.05) is 4.90 Å². The van der Waals surface area contributed by atoms with E-state index in [0.717, 1.165) is 23.2 Å². The van der Waals surface area contributed by atoms with Crippen LogP contribution in [-0.4, -0.2) is 17.1 Å². The Balaban J connectivity index is 1.92. The molecule has 2 atom stereocenters. The molecule has 2 aromatic carbocycles. The molecule has 0 aromatic heterocycles. The minimum absolute atomic E-state index is 0.00384. The Bertz CT molecular complexity index is 680. The molecule has 1 N–H and O–H groups in total. The van der Waals surface area contributed by atoms with Gasteiger partial charge in [0.1, 0.15) is 6.10 Å². The van der Waals surface area contributed by atoms with E-state index in [1.165, 1.54) is 0 Å². The molecular weight excluding hydrogens is 238 g/mol. The van der Waals surface area contributed by atoms with Crippen molar-refractivity contribution in [3.8, 4) is 0 Å². The molecule has 1 amide bonds. The molecular formula is C16H13NO2. The van der Waals surface area contributed by atoms with Crippen molar-refractivity contribution in [2.45, 2.75) is 18.6 Å². The molecule has 2 unspecified atom stereocenters. The van der Waals surface area contributed by atoms with E-state index in [4.69, 9.17) is 0 Å². The Morgan fingerprint density at radius 3 is 2.68 bits per heavy atom. The number of hydrogen-bond acceptors (Lipinski definition) is 2. The number of amides is 1. The second kappa shape index (κ2) is 3.68. The SMILES string of the molecule is O=C1c2ccccc2C(O)C2Cc3ccccc3N12. The molecule has 2 aromatic rings. The van der Waals surface area contributed by atoms with Gasteiger partial charge in [-0.15, -0.1) is 0 Å². The first-order valence-electron chi connectivity index (χ1n) is 6.46. The molecule has 19 heavy (non-hydrogen) atoms. The van der Waals surface area contributed by atoms with Crippen LogP contribution < -0.4 is 4.90 Å². The van der Waals surface area contributed by atoms with E-state index in [-0.39, 0.29) is 11.9 Å². The number of aliphatic hydroxyl groups is 1. The lowest BCUT2D eigenvalue weighted by molar-refractivity contribution is 0.0866. The van der Waals surface area contributed by atoms with Gasteiger partial charge in [0.05, 0.1) is 6.04 Å². The first-order chi connectivity index (χ1) is 9.27. The third-order valence-electron chi connectivity index (χ3n) is 4.10. The molecule has 2 heterocycles. The topological polar surface area (TPSA) is 40.5 Å². The molecule has 2 aliphatic rings. The average Bonchev–Trinajstić information content (AvgIpc) is 2.84. The maximum absolute atomic E-state index is 12.6. The number of anilines is 1. The van der Waals surface area contributed by atoms with Gasteiger partial charge in [0, 0.05) is 11.3 Å². The monoisotopic (exact) mass is 251 g/mol. The zero-order chi connectivity index (χ0) is 13.0. The Morgan fingerprint density at radius 2 is 1.79 bits per heavy atom. The fourth-order valence-corrected chi connectivity index (χ4v) is 3.21. The largest absolute Gasteiger partial charge is 0.386 e. The summed E-state index contributed by atoms with van der Waals surface area (Å²) in [5, 5.41) is 10.5. The highest BCUT2D eigenvalue weighted by atomic mass is 16.3. The number of aliphatic hydroxyl groups excluding tert-OH is 1. The average molecular weight is 251 g/mol. The summed E-state index contributed by atoms with van der Waals surface area (Å²) in [6, 6.07) is 15.1. The van der Waals surface area contributed by atoms with E-state index in [1.807, 2.05) is 42.5 Å².